The van der Waals surface area contributed by atoms with Crippen molar-refractivity contribution in [2.75, 3.05) is 0 Å². The Kier molecular flexibility index (Phi) is 1.91. The summed E-state index contributed by atoms with van der Waals surface area (Å²) in [5.41, 5.74) is 7.94. The minimum atomic E-state index is 0.990. The van der Waals surface area contributed by atoms with E-state index in [0.29, 0.717) is 0 Å². The molecule has 0 amide bonds. The summed E-state index contributed by atoms with van der Waals surface area (Å²) in [6, 6.07) is 12.9. The molecule has 1 nitrogen and oxygen atoms in total. The monoisotopic (exact) mass is 258 g/mol. The van der Waals surface area contributed by atoms with Crippen molar-refractivity contribution in [2.24, 2.45) is 0 Å². The van der Waals surface area contributed by atoms with Crippen LogP contribution in [-0.2, 0) is 6.42 Å². The summed E-state index contributed by atoms with van der Waals surface area (Å²) in [6.07, 6.45) is 8.01. The highest BCUT2D eigenvalue weighted by molar-refractivity contribution is 6.06. The number of furan rings is 1. The van der Waals surface area contributed by atoms with Gasteiger partial charge in [0.2, 0.25) is 0 Å². The molecule has 5 rings (SSSR count). The molecule has 3 aromatic rings. The number of para-hydroxylation sites is 1. The third-order valence-corrected chi connectivity index (χ3v) is 4.58. The third kappa shape index (κ3) is 1.27. The molecule has 0 spiro atoms. The number of rotatable bonds is 0. The molecule has 0 N–H and O–H groups in total. The lowest BCUT2D eigenvalue weighted by atomic mass is 9.96. The molecule has 0 saturated carbocycles. The molecule has 1 aromatic heterocycles. The Morgan fingerprint density at radius 1 is 0.950 bits per heavy atom. The van der Waals surface area contributed by atoms with E-state index in [1.54, 1.807) is 5.57 Å². The van der Waals surface area contributed by atoms with Crippen molar-refractivity contribution < 1.29 is 4.42 Å². The molecule has 1 heteroatoms. The Morgan fingerprint density at radius 2 is 1.90 bits per heavy atom. The summed E-state index contributed by atoms with van der Waals surface area (Å²) in [5, 5.41) is 2.48. The van der Waals surface area contributed by atoms with Crippen molar-refractivity contribution >= 4 is 27.5 Å². The van der Waals surface area contributed by atoms with Gasteiger partial charge in [0.25, 0.3) is 0 Å². The van der Waals surface area contributed by atoms with Gasteiger partial charge in [0.05, 0.1) is 0 Å². The van der Waals surface area contributed by atoms with Gasteiger partial charge in [-0.25, -0.2) is 0 Å². The quantitative estimate of drug-likeness (QED) is 0.537. The second kappa shape index (κ2) is 3.63. The average molecular weight is 258 g/mol. The maximum absolute atomic E-state index is 5.99. The van der Waals surface area contributed by atoms with Crippen LogP contribution in [0.5, 0.6) is 0 Å². The van der Waals surface area contributed by atoms with Crippen molar-refractivity contribution in [3.05, 3.63) is 65.3 Å². The van der Waals surface area contributed by atoms with Gasteiger partial charge in [0.1, 0.15) is 11.2 Å². The number of fused-ring (bicyclic) bond motifs is 5. The first-order valence-corrected chi connectivity index (χ1v) is 7.23. The van der Waals surface area contributed by atoms with E-state index in [-0.39, 0.29) is 0 Å². The lowest BCUT2D eigenvalue weighted by Gasteiger charge is -2.08. The van der Waals surface area contributed by atoms with E-state index in [9.17, 15) is 0 Å². The topological polar surface area (TPSA) is 13.1 Å². The van der Waals surface area contributed by atoms with Crippen LogP contribution >= 0.6 is 0 Å². The maximum Gasteiger partial charge on any atom is 0.135 e. The zero-order valence-electron chi connectivity index (χ0n) is 11.1. The molecule has 0 saturated heterocycles. The summed E-state index contributed by atoms with van der Waals surface area (Å²) in [5.74, 6) is 0. The molecule has 2 aromatic carbocycles. The average Bonchev–Trinajstić information content (AvgIpc) is 3.02. The predicted molar refractivity (Wildman–Crippen MR) is 82.7 cm³/mol. The highest BCUT2D eigenvalue weighted by Crippen LogP contribution is 2.42. The van der Waals surface area contributed by atoms with Gasteiger partial charge in [-0.15, -0.1) is 0 Å². The first-order valence-electron chi connectivity index (χ1n) is 7.23. The first kappa shape index (κ1) is 10.5. The molecule has 0 aliphatic heterocycles. The predicted octanol–water partition coefficient (Wildman–Crippen LogP) is 5.25. The second-order valence-electron chi connectivity index (χ2n) is 5.73. The summed E-state index contributed by atoms with van der Waals surface area (Å²) in [7, 11) is 0. The molecule has 1 heterocycles. The lowest BCUT2D eigenvalue weighted by molar-refractivity contribution is 0.668. The van der Waals surface area contributed by atoms with E-state index in [1.807, 2.05) is 6.07 Å². The van der Waals surface area contributed by atoms with Crippen LogP contribution in [0.15, 0.2) is 58.5 Å². The Labute approximate surface area is 117 Å². The van der Waals surface area contributed by atoms with Crippen molar-refractivity contribution in [2.45, 2.75) is 19.3 Å². The number of hydrogen-bond donors (Lipinski definition) is 0. The van der Waals surface area contributed by atoms with Crippen LogP contribution in [0.1, 0.15) is 24.0 Å². The lowest BCUT2D eigenvalue weighted by Crippen LogP contribution is -1.87. The number of allylic oxidation sites excluding steroid dienone is 4. The molecule has 2 aliphatic rings. The van der Waals surface area contributed by atoms with Crippen molar-refractivity contribution in [3.63, 3.8) is 0 Å². The zero-order valence-corrected chi connectivity index (χ0v) is 11.1. The van der Waals surface area contributed by atoms with E-state index in [2.05, 4.69) is 42.5 Å². The van der Waals surface area contributed by atoms with E-state index >= 15 is 0 Å². The second-order valence-corrected chi connectivity index (χ2v) is 5.73. The Hall–Kier alpha value is -2.28. The normalized spacial score (nSPS) is 17.0. The fourth-order valence-electron chi connectivity index (χ4n) is 3.63. The summed E-state index contributed by atoms with van der Waals surface area (Å²) in [6.45, 7) is 0. The summed E-state index contributed by atoms with van der Waals surface area (Å²) < 4.78 is 5.99. The van der Waals surface area contributed by atoms with Gasteiger partial charge >= 0.3 is 0 Å². The van der Waals surface area contributed by atoms with Gasteiger partial charge in [-0.1, -0.05) is 30.4 Å². The van der Waals surface area contributed by atoms with Crippen LogP contribution in [0.2, 0.25) is 0 Å². The SMILES string of the molecule is C1=CC2=C(CC1)c1cc3c(cc1C2)oc1ccccc13. The summed E-state index contributed by atoms with van der Waals surface area (Å²) >= 11 is 0. The molecular formula is C19H14O. The van der Waals surface area contributed by atoms with Gasteiger partial charge in [-0.05, 0) is 59.7 Å². The largest absolute Gasteiger partial charge is 0.456 e. The van der Waals surface area contributed by atoms with Crippen LogP contribution in [-0.4, -0.2) is 0 Å². The van der Waals surface area contributed by atoms with Crippen molar-refractivity contribution in [1.29, 1.82) is 0 Å². The van der Waals surface area contributed by atoms with Crippen LogP contribution in [0, 0.1) is 0 Å². The van der Waals surface area contributed by atoms with E-state index in [0.717, 1.165) is 17.6 Å². The minimum absolute atomic E-state index is 0.990. The van der Waals surface area contributed by atoms with Gasteiger partial charge < -0.3 is 4.42 Å². The maximum atomic E-state index is 5.99. The standard InChI is InChI=1S/C19H14O/c1-2-6-14-12(5-1)9-13-10-19-17(11-16(13)14)15-7-3-4-8-18(15)20-19/h1,3-5,7-8,10-11H,2,6,9H2. The minimum Gasteiger partial charge on any atom is -0.456 e. The van der Waals surface area contributed by atoms with Crippen molar-refractivity contribution in [1.82, 2.24) is 0 Å². The van der Waals surface area contributed by atoms with Crippen LogP contribution < -0.4 is 0 Å². The van der Waals surface area contributed by atoms with E-state index in [1.165, 1.54) is 40.3 Å². The summed E-state index contributed by atoms with van der Waals surface area (Å²) in [4.78, 5) is 0. The third-order valence-electron chi connectivity index (χ3n) is 4.58. The van der Waals surface area contributed by atoms with Gasteiger partial charge in [-0.2, -0.15) is 0 Å². The smallest absolute Gasteiger partial charge is 0.135 e. The van der Waals surface area contributed by atoms with Gasteiger partial charge in [0.15, 0.2) is 0 Å². The zero-order chi connectivity index (χ0) is 13.1. The molecule has 0 fully saturated rings. The molecular weight excluding hydrogens is 244 g/mol. The van der Waals surface area contributed by atoms with Gasteiger partial charge in [-0.3, -0.25) is 0 Å². The number of hydrogen-bond acceptors (Lipinski definition) is 1. The Balaban J connectivity index is 1.86. The van der Waals surface area contributed by atoms with E-state index in [4.69, 9.17) is 4.42 Å². The molecule has 0 radical (unpaired) electrons. The highest BCUT2D eigenvalue weighted by atomic mass is 16.3. The Morgan fingerprint density at radius 3 is 2.90 bits per heavy atom. The number of benzene rings is 2. The highest BCUT2D eigenvalue weighted by Gasteiger charge is 2.23. The molecule has 0 atom stereocenters. The molecule has 2 aliphatic carbocycles. The van der Waals surface area contributed by atoms with Crippen molar-refractivity contribution in [3.8, 4) is 0 Å². The molecule has 0 unspecified atom stereocenters. The van der Waals surface area contributed by atoms with Gasteiger partial charge in [0, 0.05) is 10.8 Å². The fourth-order valence-corrected chi connectivity index (χ4v) is 3.63. The first-order chi connectivity index (χ1) is 9.90. The van der Waals surface area contributed by atoms with Crippen LogP contribution in [0.4, 0.5) is 0 Å². The van der Waals surface area contributed by atoms with Crippen LogP contribution in [0.25, 0.3) is 27.5 Å². The van der Waals surface area contributed by atoms with E-state index < -0.39 is 0 Å². The van der Waals surface area contributed by atoms with Crippen LogP contribution in [0.3, 0.4) is 0 Å². The fraction of sp³-hybridized carbons (Fsp3) is 0.158. The molecule has 0 bridgehead atoms. The Bertz CT molecular complexity index is 921. The molecule has 20 heavy (non-hydrogen) atoms. The molecule has 96 valence electrons.